The first-order chi connectivity index (χ1) is 13.8. The third-order valence-electron chi connectivity index (χ3n) is 3.98. The summed E-state index contributed by atoms with van der Waals surface area (Å²) >= 11 is 0. The van der Waals surface area contributed by atoms with Crippen molar-refractivity contribution in [2.45, 2.75) is 13.0 Å². The van der Waals surface area contributed by atoms with Gasteiger partial charge in [0, 0.05) is 23.3 Å². The Bertz CT molecular complexity index is 914. The van der Waals surface area contributed by atoms with Gasteiger partial charge in [-0.1, -0.05) is 18.2 Å². The van der Waals surface area contributed by atoms with Crippen molar-refractivity contribution in [1.82, 2.24) is 5.32 Å². The number of carbonyl (C=O) groups is 2. The van der Waals surface area contributed by atoms with Crippen LogP contribution in [0.3, 0.4) is 0 Å². The number of para-hydroxylation sites is 1. The number of esters is 1. The first kappa shape index (κ1) is 21.9. The summed E-state index contributed by atoms with van der Waals surface area (Å²) in [4.78, 5) is 23.8. The summed E-state index contributed by atoms with van der Waals surface area (Å²) in [6.07, 6.45) is 2.62. The predicted octanol–water partition coefficient (Wildman–Crippen LogP) is 3.42. The maximum absolute atomic E-state index is 13.7. The fraction of sp³-hybridized carbons (Fsp3) is 0.238. The number of benzene rings is 2. The minimum absolute atomic E-state index is 0.121. The molecule has 0 aliphatic heterocycles. The molecular weight excluding hydrogens is 384 g/mol. The lowest BCUT2D eigenvalue weighted by molar-refractivity contribution is -0.144. The molecule has 1 N–H and O–H groups in total. The van der Waals surface area contributed by atoms with Crippen LogP contribution in [0.2, 0.25) is 0 Å². The van der Waals surface area contributed by atoms with Crippen molar-refractivity contribution in [3.05, 3.63) is 65.2 Å². The summed E-state index contributed by atoms with van der Waals surface area (Å²) in [7, 11) is 2.97. The molecule has 6 nitrogen and oxygen atoms in total. The SMILES string of the molecule is COc1cccc(/C=C/C(=O)OCC(=O)N[C@H](C)c2ccc(F)cc2F)c1OC. The lowest BCUT2D eigenvalue weighted by atomic mass is 10.1. The van der Waals surface area contributed by atoms with Gasteiger partial charge in [0.05, 0.1) is 20.3 Å². The van der Waals surface area contributed by atoms with Crippen LogP contribution in [0, 0.1) is 11.6 Å². The monoisotopic (exact) mass is 405 g/mol. The molecule has 0 saturated heterocycles. The van der Waals surface area contributed by atoms with E-state index in [4.69, 9.17) is 14.2 Å². The van der Waals surface area contributed by atoms with E-state index in [1.807, 2.05) is 0 Å². The molecule has 0 aliphatic carbocycles. The number of hydrogen-bond acceptors (Lipinski definition) is 5. The third kappa shape index (κ3) is 6.03. The number of amides is 1. The zero-order valence-electron chi connectivity index (χ0n) is 16.2. The van der Waals surface area contributed by atoms with Crippen LogP contribution in [0.25, 0.3) is 6.08 Å². The maximum atomic E-state index is 13.7. The molecule has 8 heteroatoms. The quantitative estimate of drug-likeness (QED) is 0.538. The second kappa shape index (κ2) is 10.2. The molecule has 0 saturated carbocycles. The fourth-order valence-electron chi connectivity index (χ4n) is 2.60. The number of ether oxygens (including phenoxy) is 3. The number of nitrogens with one attached hydrogen (secondary N) is 1. The molecule has 2 aromatic carbocycles. The van der Waals surface area contributed by atoms with E-state index in [1.165, 1.54) is 33.3 Å². The number of hydrogen-bond donors (Lipinski definition) is 1. The van der Waals surface area contributed by atoms with E-state index in [0.717, 1.165) is 18.2 Å². The van der Waals surface area contributed by atoms with Gasteiger partial charge < -0.3 is 19.5 Å². The second-order valence-electron chi connectivity index (χ2n) is 5.98. The van der Waals surface area contributed by atoms with Crippen molar-refractivity contribution in [1.29, 1.82) is 0 Å². The van der Waals surface area contributed by atoms with Crippen molar-refractivity contribution in [2.24, 2.45) is 0 Å². The highest BCUT2D eigenvalue weighted by Crippen LogP contribution is 2.31. The summed E-state index contributed by atoms with van der Waals surface area (Å²) in [6.45, 7) is 0.983. The Morgan fingerprint density at radius 1 is 1.14 bits per heavy atom. The first-order valence-electron chi connectivity index (χ1n) is 8.65. The van der Waals surface area contributed by atoms with Crippen molar-refractivity contribution in [2.75, 3.05) is 20.8 Å². The highest BCUT2D eigenvalue weighted by molar-refractivity contribution is 5.90. The maximum Gasteiger partial charge on any atom is 0.331 e. The van der Waals surface area contributed by atoms with E-state index in [1.54, 1.807) is 18.2 Å². The van der Waals surface area contributed by atoms with E-state index in [9.17, 15) is 18.4 Å². The number of halogens is 2. The Labute approximate surface area is 167 Å². The van der Waals surface area contributed by atoms with Crippen LogP contribution in [0.1, 0.15) is 24.1 Å². The average Bonchev–Trinajstić information content (AvgIpc) is 2.69. The summed E-state index contributed by atoms with van der Waals surface area (Å²) in [5.74, 6) is -1.90. The van der Waals surface area contributed by atoms with E-state index in [2.05, 4.69) is 5.32 Å². The van der Waals surface area contributed by atoms with E-state index < -0.39 is 36.2 Å². The molecule has 154 valence electrons. The zero-order chi connectivity index (χ0) is 21.4. The van der Waals surface area contributed by atoms with Crippen molar-refractivity contribution >= 4 is 18.0 Å². The highest BCUT2D eigenvalue weighted by Gasteiger charge is 2.15. The van der Waals surface area contributed by atoms with Gasteiger partial charge in [-0.25, -0.2) is 13.6 Å². The van der Waals surface area contributed by atoms with Crippen molar-refractivity contribution < 1.29 is 32.6 Å². The topological polar surface area (TPSA) is 73.9 Å². The Hall–Kier alpha value is -3.42. The Balaban J connectivity index is 1.90. The Morgan fingerprint density at radius 3 is 2.55 bits per heavy atom. The summed E-state index contributed by atoms with van der Waals surface area (Å²) in [6, 6.07) is 7.51. The molecule has 0 spiro atoms. The summed E-state index contributed by atoms with van der Waals surface area (Å²) in [5.41, 5.74) is 0.713. The van der Waals surface area contributed by atoms with Crippen LogP contribution >= 0.6 is 0 Å². The average molecular weight is 405 g/mol. The molecule has 0 heterocycles. The third-order valence-corrected chi connectivity index (χ3v) is 3.98. The molecule has 0 aliphatic rings. The lowest BCUT2D eigenvalue weighted by Crippen LogP contribution is -2.31. The summed E-state index contributed by atoms with van der Waals surface area (Å²) in [5, 5.41) is 2.48. The zero-order valence-corrected chi connectivity index (χ0v) is 16.2. The van der Waals surface area contributed by atoms with E-state index in [-0.39, 0.29) is 5.56 Å². The number of rotatable bonds is 8. The van der Waals surface area contributed by atoms with Crippen molar-refractivity contribution in [3.63, 3.8) is 0 Å². The minimum Gasteiger partial charge on any atom is -0.493 e. The van der Waals surface area contributed by atoms with Crippen LogP contribution in [0.4, 0.5) is 8.78 Å². The smallest absolute Gasteiger partial charge is 0.331 e. The molecule has 0 bridgehead atoms. The molecule has 0 radical (unpaired) electrons. The summed E-state index contributed by atoms with van der Waals surface area (Å²) < 4.78 is 42.0. The van der Waals surface area contributed by atoms with Crippen LogP contribution < -0.4 is 14.8 Å². The van der Waals surface area contributed by atoms with Gasteiger partial charge >= 0.3 is 5.97 Å². The van der Waals surface area contributed by atoms with Crippen LogP contribution in [-0.4, -0.2) is 32.7 Å². The molecule has 1 atom stereocenters. The van der Waals surface area contributed by atoms with Gasteiger partial charge in [-0.2, -0.15) is 0 Å². The Kier molecular flexibility index (Phi) is 7.70. The van der Waals surface area contributed by atoms with Gasteiger partial charge in [0.2, 0.25) is 0 Å². The van der Waals surface area contributed by atoms with Gasteiger partial charge in [-0.05, 0) is 25.1 Å². The molecule has 0 aromatic heterocycles. The molecule has 0 unspecified atom stereocenters. The molecular formula is C21H21F2NO5. The lowest BCUT2D eigenvalue weighted by Gasteiger charge is -2.15. The van der Waals surface area contributed by atoms with Crippen LogP contribution in [-0.2, 0) is 14.3 Å². The molecule has 2 aromatic rings. The largest absolute Gasteiger partial charge is 0.493 e. The van der Waals surface area contributed by atoms with Gasteiger partial charge in [0.15, 0.2) is 18.1 Å². The van der Waals surface area contributed by atoms with Crippen LogP contribution in [0.5, 0.6) is 11.5 Å². The first-order valence-corrected chi connectivity index (χ1v) is 8.65. The van der Waals surface area contributed by atoms with E-state index >= 15 is 0 Å². The molecule has 2 rings (SSSR count). The minimum atomic E-state index is -0.773. The normalized spacial score (nSPS) is 11.8. The standard InChI is InChI=1S/C21H21F2NO5/c1-13(16-9-8-15(22)11-17(16)23)24-19(25)12-29-20(26)10-7-14-5-4-6-18(27-2)21(14)28-3/h4-11,13H,12H2,1-3H3,(H,24,25)/b10-7+/t13-/m1/s1. The van der Waals surface area contributed by atoms with Gasteiger partial charge in [0.1, 0.15) is 11.6 Å². The highest BCUT2D eigenvalue weighted by atomic mass is 19.1. The van der Waals surface area contributed by atoms with Crippen molar-refractivity contribution in [3.8, 4) is 11.5 Å². The number of carbonyl (C=O) groups excluding carboxylic acids is 2. The number of methoxy groups -OCH3 is 2. The molecule has 1 amide bonds. The van der Waals surface area contributed by atoms with Gasteiger partial charge in [-0.15, -0.1) is 0 Å². The fourth-order valence-corrected chi connectivity index (χ4v) is 2.60. The van der Waals surface area contributed by atoms with Crippen LogP contribution in [0.15, 0.2) is 42.5 Å². The molecule has 29 heavy (non-hydrogen) atoms. The van der Waals surface area contributed by atoms with Gasteiger partial charge in [0.25, 0.3) is 5.91 Å². The molecule has 0 fully saturated rings. The van der Waals surface area contributed by atoms with E-state index in [0.29, 0.717) is 17.1 Å². The predicted molar refractivity (Wildman–Crippen MR) is 102 cm³/mol. The van der Waals surface area contributed by atoms with Gasteiger partial charge in [-0.3, -0.25) is 4.79 Å². The second-order valence-corrected chi connectivity index (χ2v) is 5.98. The Morgan fingerprint density at radius 2 is 1.90 bits per heavy atom.